The molecule has 208 valence electrons. The Morgan fingerprint density at radius 1 is 1.20 bits per heavy atom. The molecule has 7 rings (SSSR count). The van der Waals surface area contributed by atoms with E-state index in [1.807, 2.05) is 13.0 Å². The number of carboxylic acid groups (broad SMARTS) is 1. The summed E-state index contributed by atoms with van der Waals surface area (Å²) in [5, 5.41) is 14.7. The summed E-state index contributed by atoms with van der Waals surface area (Å²) in [7, 11) is 1.54. The molecule has 2 bridgehead atoms. The van der Waals surface area contributed by atoms with Crippen molar-refractivity contribution >= 4 is 32.7 Å². The minimum atomic E-state index is -0.987. The number of aromatic carboxylic acids is 1. The normalized spacial score (nSPS) is 22.3. The molecule has 2 aliphatic heterocycles. The van der Waals surface area contributed by atoms with E-state index in [1.54, 1.807) is 12.1 Å². The van der Waals surface area contributed by atoms with Crippen molar-refractivity contribution in [2.24, 2.45) is 0 Å². The number of aryl methyl sites for hydroxylation is 1. The Morgan fingerprint density at radius 2 is 1.98 bits per heavy atom. The van der Waals surface area contributed by atoms with Gasteiger partial charge in [-0.25, -0.2) is 14.2 Å². The molecule has 0 amide bonds. The SMILES string of the molecule is COc1cc(C(=O)O)cc2sc(N3C4CC[C@H]3CC(OCc3c(-c5c(C)cccc5F)noc3C3CC3)C4)nc12. The molecule has 0 spiro atoms. The topological polar surface area (TPSA) is 97.9 Å². The number of hydrogen-bond donors (Lipinski definition) is 1. The number of ether oxygens (including phenoxy) is 2. The Morgan fingerprint density at radius 3 is 2.65 bits per heavy atom. The number of piperidine rings is 1. The first-order valence-corrected chi connectivity index (χ1v) is 14.6. The number of hydrogen-bond acceptors (Lipinski definition) is 8. The molecule has 2 aromatic heterocycles. The lowest BCUT2D eigenvalue weighted by Gasteiger charge is -2.38. The van der Waals surface area contributed by atoms with Crippen molar-refractivity contribution < 1.29 is 28.3 Å². The van der Waals surface area contributed by atoms with E-state index in [4.69, 9.17) is 19.0 Å². The number of methoxy groups -OCH3 is 1. The average molecular weight is 564 g/mol. The van der Waals surface area contributed by atoms with Gasteiger partial charge in [-0.2, -0.15) is 0 Å². The van der Waals surface area contributed by atoms with Gasteiger partial charge in [0.1, 0.15) is 28.5 Å². The summed E-state index contributed by atoms with van der Waals surface area (Å²) in [5.41, 5.74) is 3.63. The third-order valence-electron chi connectivity index (χ3n) is 8.52. The molecule has 1 saturated carbocycles. The van der Waals surface area contributed by atoms with Crippen molar-refractivity contribution in [3.05, 3.63) is 58.6 Å². The van der Waals surface area contributed by atoms with Gasteiger partial charge >= 0.3 is 5.97 Å². The van der Waals surface area contributed by atoms with Crippen molar-refractivity contribution in [2.75, 3.05) is 12.0 Å². The van der Waals surface area contributed by atoms with Crippen LogP contribution in [0.25, 0.3) is 21.5 Å². The third-order valence-corrected chi connectivity index (χ3v) is 9.53. The summed E-state index contributed by atoms with van der Waals surface area (Å²) < 4.78 is 33.4. The van der Waals surface area contributed by atoms with Gasteiger partial charge in [0.25, 0.3) is 0 Å². The first kappa shape index (κ1) is 25.5. The smallest absolute Gasteiger partial charge is 0.335 e. The van der Waals surface area contributed by atoms with E-state index in [2.05, 4.69) is 10.1 Å². The highest BCUT2D eigenvalue weighted by Crippen LogP contribution is 2.47. The van der Waals surface area contributed by atoms with E-state index in [-0.39, 0.29) is 29.6 Å². The average Bonchev–Trinajstić information content (AvgIpc) is 3.46. The number of halogens is 1. The molecule has 3 fully saturated rings. The number of fused-ring (bicyclic) bond motifs is 3. The molecule has 2 aromatic carbocycles. The fourth-order valence-electron chi connectivity index (χ4n) is 6.41. The zero-order valence-electron chi connectivity index (χ0n) is 22.4. The molecule has 8 nitrogen and oxygen atoms in total. The van der Waals surface area contributed by atoms with Gasteiger partial charge < -0.3 is 24.0 Å². The summed E-state index contributed by atoms with van der Waals surface area (Å²) in [4.78, 5) is 18.9. The molecule has 2 saturated heterocycles. The summed E-state index contributed by atoms with van der Waals surface area (Å²) in [5.74, 6) is 0.360. The number of anilines is 1. The second-order valence-corrected chi connectivity index (χ2v) is 12.1. The van der Waals surface area contributed by atoms with Crippen LogP contribution in [0.4, 0.5) is 9.52 Å². The molecule has 0 radical (unpaired) electrons. The van der Waals surface area contributed by atoms with Gasteiger partial charge in [0, 0.05) is 29.1 Å². The van der Waals surface area contributed by atoms with Crippen molar-refractivity contribution in [3.8, 4) is 17.0 Å². The van der Waals surface area contributed by atoms with Gasteiger partial charge in [0.2, 0.25) is 0 Å². The highest BCUT2D eigenvalue weighted by Gasteiger charge is 2.43. The van der Waals surface area contributed by atoms with Crippen molar-refractivity contribution in [1.82, 2.24) is 10.1 Å². The highest BCUT2D eigenvalue weighted by atomic mass is 32.1. The number of carbonyl (C=O) groups is 1. The van der Waals surface area contributed by atoms with Crippen LogP contribution in [0.2, 0.25) is 0 Å². The maximum atomic E-state index is 14.9. The molecule has 3 aliphatic rings. The van der Waals surface area contributed by atoms with Gasteiger partial charge in [0.15, 0.2) is 5.13 Å². The second-order valence-electron chi connectivity index (χ2n) is 11.1. The molecular formula is C30H30FN3O5S. The Labute approximate surface area is 234 Å². The van der Waals surface area contributed by atoms with Crippen LogP contribution in [0.1, 0.15) is 71.7 Å². The minimum Gasteiger partial charge on any atom is -0.494 e. The molecule has 10 heteroatoms. The maximum Gasteiger partial charge on any atom is 0.335 e. The first-order chi connectivity index (χ1) is 19.4. The van der Waals surface area contributed by atoms with E-state index in [0.29, 0.717) is 35.0 Å². The second kappa shape index (κ2) is 9.85. The molecule has 1 aliphatic carbocycles. The van der Waals surface area contributed by atoms with Gasteiger partial charge in [-0.3, -0.25) is 0 Å². The number of thiazole rings is 1. The van der Waals surface area contributed by atoms with Crippen molar-refractivity contribution in [3.63, 3.8) is 0 Å². The lowest BCUT2D eigenvalue weighted by atomic mass is 9.99. The number of nitrogens with zero attached hydrogens (tertiary/aromatic N) is 3. The van der Waals surface area contributed by atoms with Crippen LogP contribution >= 0.6 is 11.3 Å². The lowest BCUT2D eigenvalue weighted by molar-refractivity contribution is 0.0147. The molecular weight excluding hydrogens is 533 g/mol. The molecule has 2 unspecified atom stereocenters. The monoisotopic (exact) mass is 563 g/mol. The van der Waals surface area contributed by atoms with E-state index >= 15 is 0 Å². The van der Waals surface area contributed by atoms with Crippen molar-refractivity contribution in [1.29, 1.82) is 0 Å². The van der Waals surface area contributed by atoms with Gasteiger partial charge in [-0.15, -0.1) is 0 Å². The number of carboxylic acids is 1. The third kappa shape index (κ3) is 4.34. The van der Waals surface area contributed by atoms with E-state index in [0.717, 1.165) is 65.2 Å². The Balaban J connectivity index is 1.11. The fraction of sp³-hybridized carbons (Fsp3) is 0.433. The minimum absolute atomic E-state index is 0.0628. The zero-order chi connectivity index (χ0) is 27.5. The molecule has 4 aromatic rings. The maximum absolute atomic E-state index is 14.9. The number of rotatable bonds is 8. The van der Waals surface area contributed by atoms with E-state index in [9.17, 15) is 14.3 Å². The van der Waals surface area contributed by atoms with Crippen LogP contribution in [0.5, 0.6) is 5.75 Å². The predicted octanol–water partition coefficient (Wildman–Crippen LogP) is 6.70. The Hall–Kier alpha value is -3.50. The van der Waals surface area contributed by atoms with Gasteiger partial charge in [-0.1, -0.05) is 28.6 Å². The van der Waals surface area contributed by atoms with Crippen LogP contribution in [0.15, 0.2) is 34.9 Å². The summed E-state index contributed by atoms with van der Waals surface area (Å²) in [6.07, 6.45) is 6.01. The summed E-state index contributed by atoms with van der Waals surface area (Å²) >= 11 is 1.51. The quantitative estimate of drug-likeness (QED) is 0.253. The molecule has 1 N–H and O–H groups in total. The molecule has 40 heavy (non-hydrogen) atoms. The first-order valence-electron chi connectivity index (χ1n) is 13.8. The fourth-order valence-corrected chi connectivity index (χ4v) is 7.58. The van der Waals surface area contributed by atoms with E-state index in [1.165, 1.54) is 30.6 Å². The number of benzene rings is 2. The lowest BCUT2D eigenvalue weighted by Crippen LogP contribution is -2.45. The van der Waals surface area contributed by atoms with Crippen LogP contribution in [-0.4, -0.2) is 46.5 Å². The Kier molecular flexibility index (Phi) is 6.27. The van der Waals surface area contributed by atoms with Crippen molar-refractivity contribution in [2.45, 2.75) is 76.2 Å². The standard InChI is InChI=1S/C30H30FN3O5S/c1-15-4-3-5-22(31)25(15)26-21(28(39-33-26)16-6-7-16)14-38-20-12-18-8-9-19(13-20)34(18)30-32-27-23(37-2)10-17(29(35)36)11-24(27)40-30/h3-5,10-11,16,18-20H,6-9,12-14H2,1-2H3,(H,35,36)/t18-,19?,20?/m0/s1. The van der Waals surface area contributed by atoms with Crippen LogP contribution in [0.3, 0.4) is 0 Å². The van der Waals surface area contributed by atoms with E-state index < -0.39 is 5.97 Å². The molecule has 3 atom stereocenters. The predicted molar refractivity (Wildman–Crippen MR) is 149 cm³/mol. The summed E-state index contributed by atoms with van der Waals surface area (Å²) in [6, 6.07) is 8.84. The van der Waals surface area contributed by atoms with Crippen LogP contribution in [-0.2, 0) is 11.3 Å². The largest absolute Gasteiger partial charge is 0.494 e. The van der Waals surface area contributed by atoms with Crippen LogP contribution in [0, 0.1) is 12.7 Å². The summed E-state index contributed by atoms with van der Waals surface area (Å²) in [6.45, 7) is 2.24. The Bertz CT molecular complexity index is 1580. The molecule has 4 heterocycles. The van der Waals surface area contributed by atoms with Crippen LogP contribution < -0.4 is 9.64 Å². The van der Waals surface area contributed by atoms with Gasteiger partial charge in [0.05, 0.1) is 30.1 Å². The van der Waals surface area contributed by atoms with Gasteiger partial charge in [-0.05, 0) is 69.2 Å². The number of aromatic nitrogens is 2. The highest BCUT2D eigenvalue weighted by molar-refractivity contribution is 7.22. The zero-order valence-corrected chi connectivity index (χ0v) is 23.2.